The van der Waals surface area contributed by atoms with E-state index in [0.29, 0.717) is 24.4 Å². The summed E-state index contributed by atoms with van der Waals surface area (Å²) in [5, 5.41) is 7.41. The predicted octanol–water partition coefficient (Wildman–Crippen LogP) is 1.82. The molecule has 0 spiro atoms. The summed E-state index contributed by atoms with van der Waals surface area (Å²) < 4.78 is 10.6. The predicted molar refractivity (Wildman–Crippen MR) is 86.6 cm³/mol. The third kappa shape index (κ3) is 3.67. The molecule has 0 aromatic carbocycles. The first kappa shape index (κ1) is 18.6. The van der Waals surface area contributed by atoms with Crippen LogP contribution in [-0.4, -0.2) is 34.8 Å². The second kappa shape index (κ2) is 7.73. The zero-order valence-electron chi connectivity index (χ0n) is 11.9. The number of anilines is 1. The summed E-state index contributed by atoms with van der Waals surface area (Å²) in [6.45, 7) is 2.27. The second-order valence-electron chi connectivity index (χ2n) is 4.89. The van der Waals surface area contributed by atoms with Crippen molar-refractivity contribution in [3.63, 3.8) is 0 Å². The van der Waals surface area contributed by atoms with Crippen LogP contribution in [0, 0.1) is 6.92 Å². The summed E-state index contributed by atoms with van der Waals surface area (Å²) in [6, 6.07) is 1.79. The summed E-state index contributed by atoms with van der Waals surface area (Å²) >= 11 is 0. The average Bonchev–Trinajstić information content (AvgIpc) is 3.06. The number of carbonyl (C=O) groups is 1. The van der Waals surface area contributed by atoms with Gasteiger partial charge in [-0.2, -0.15) is 0 Å². The Bertz CT molecular complexity index is 649. The van der Waals surface area contributed by atoms with E-state index in [1.165, 1.54) is 0 Å². The highest BCUT2D eigenvalue weighted by molar-refractivity contribution is 5.95. The van der Waals surface area contributed by atoms with E-state index < -0.39 is 6.10 Å². The molecule has 3 rings (SSSR count). The van der Waals surface area contributed by atoms with Crippen LogP contribution in [0.2, 0.25) is 0 Å². The smallest absolute Gasteiger partial charge is 0.258 e. The molecule has 22 heavy (non-hydrogen) atoms. The van der Waals surface area contributed by atoms with Crippen LogP contribution in [0.15, 0.2) is 16.8 Å². The fourth-order valence-corrected chi connectivity index (χ4v) is 2.31. The Kier molecular flexibility index (Phi) is 6.55. The second-order valence-corrected chi connectivity index (χ2v) is 4.89. The first-order valence-electron chi connectivity index (χ1n) is 6.56. The molecule has 0 radical (unpaired) electrons. The van der Waals surface area contributed by atoms with Crippen LogP contribution in [0.3, 0.4) is 0 Å². The van der Waals surface area contributed by atoms with Gasteiger partial charge in [0.25, 0.3) is 11.6 Å². The van der Waals surface area contributed by atoms with Gasteiger partial charge in [-0.25, -0.2) is 4.98 Å². The van der Waals surface area contributed by atoms with E-state index in [1.807, 2.05) is 6.92 Å². The number of aryl methyl sites for hydroxylation is 1. The van der Waals surface area contributed by atoms with Gasteiger partial charge in [0, 0.05) is 6.54 Å². The van der Waals surface area contributed by atoms with Crippen LogP contribution in [0.5, 0.6) is 0 Å². The fourth-order valence-electron chi connectivity index (χ4n) is 2.31. The molecular formula is C13H18Cl2N4O3. The maximum atomic E-state index is 12.1. The summed E-state index contributed by atoms with van der Waals surface area (Å²) in [5.41, 5.74) is 7.34. The maximum absolute atomic E-state index is 12.1. The molecule has 0 bridgehead atoms. The van der Waals surface area contributed by atoms with Gasteiger partial charge in [0.05, 0.1) is 29.1 Å². The van der Waals surface area contributed by atoms with Gasteiger partial charge >= 0.3 is 0 Å². The molecule has 0 unspecified atom stereocenters. The number of fused-ring (bicyclic) bond motifs is 1. The van der Waals surface area contributed by atoms with Crippen molar-refractivity contribution < 1.29 is 14.1 Å². The Morgan fingerprint density at radius 1 is 1.45 bits per heavy atom. The minimum absolute atomic E-state index is 0. The maximum Gasteiger partial charge on any atom is 0.258 e. The van der Waals surface area contributed by atoms with Gasteiger partial charge in [0.1, 0.15) is 6.10 Å². The first-order valence-corrected chi connectivity index (χ1v) is 6.56. The number of nitrogens with zero attached hydrogens (tertiary/aromatic N) is 2. The van der Waals surface area contributed by atoms with Crippen molar-refractivity contribution >= 4 is 47.5 Å². The Morgan fingerprint density at radius 3 is 2.91 bits per heavy atom. The van der Waals surface area contributed by atoms with E-state index >= 15 is 0 Å². The molecule has 0 saturated carbocycles. The topological polar surface area (TPSA) is 103 Å². The van der Waals surface area contributed by atoms with Gasteiger partial charge in [-0.1, -0.05) is 5.16 Å². The highest BCUT2D eigenvalue weighted by Gasteiger charge is 2.29. The minimum Gasteiger partial charge on any atom is -0.364 e. The Balaban J connectivity index is 0.00000121. The summed E-state index contributed by atoms with van der Waals surface area (Å²) in [7, 11) is 0. The van der Waals surface area contributed by atoms with Crippen LogP contribution in [0.25, 0.3) is 11.1 Å². The number of hydrogen-bond donors (Lipinski definition) is 2. The number of nitrogens with one attached hydrogen (secondary N) is 1. The van der Waals surface area contributed by atoms with E-state index in [-0.39, 0.29) is 36.8 Å². The van der Waals surface area contributed by atoms with Gasteiger partial charge in [-0.05, 0) is 25.8 Å². The lowest BCUT2D eigenvalue weighted by atomic mass is 10.2. The van der Waals surface area contributed by atoms with Crippen molar-refractivity contribution in [1.82, 2.24) is 10.1 Å². The van der Waals surface area contributed by atoms with Gasteiger partial charge in [0.2, 0.25) is 0 Å². The zero-order chi connectivity index (χ0) is 14.1. The van der Waals surface area contributed by atoms with Crippen molar-refractivity contribution in [2.24, 2.45) is 5.73 Å². The molecule has 9 heteroatoms. The standard InChI is InChI=1S/C13H16N4O3.2ClH/c1-7-10-4-8(6-15-13(10)20-17-7)16-12(18)11-3-2-9(5-14)19-11;;/h4,6,9,11H,2-3,5,14H2,1H3,(H,16,18);2*1H/t9-,11+;;/m1../s1. The lowest BCUT2D eigenvalue weighted by Crippen LogP contribution is -2.29. The van der Waals surface area contributed by atoms with Crippen LogP contribution in [-0.2, 0) is 9.53 Å². The van der Waals surface area contributed by atoms with Gasteiger partial charge in [0.15, 0.2) is 0 Å². The Morgan fingerprint density at radius 2 is 2.23 bits per heavy atom. The van der Waals surface area contributed by atoms with Crippen LogP contribution >= 0.6 is 24.8 Å². The molecular weight excluding hydrogens is 331 g/mol. The number of ether oxygens (including phenoxy) is 1. The monoisotopic (exact) mass is 348 g/mol. The summed E-state index contributed by atoms with van der Waals surface area (Å²) in [4.78, 5) is 16.2. The quantitative estimate of drug-likeness (QED) is 0.876. The minimum atomic E-state index is -0.442. The van der Waals surface area contributed by atoms with Crippen molar-refractivity contribution in [2.45, 2.75) is 32.0 Å². The summed E-state index contributed by atoms with van der Waals surface area (Å²) in [5.74, 6) is -0.170. The zero-order valence-corrected chi connectivity index (χ0v) is 13.6. The number of aromatic nitrogens is 2. The van der Waals surface area contributed by atoms with E-state index in [1.54, 1.807) is 12.3 Å². The largest absolute Gasteiger partial charge is 0.364 e. The van der Waals surface area contributed by atoms with Crippen molar-refractivity contribution in [3.8, 4) is 0 Å². The fraction of sp³-hybridized carbons (Fsp3) is 0.462. The number of hydrogen-bond acceptors (Lipinski definition) is 6. The van der Waals surface area contributed by atoms with Crippen molar-refractivity contribution in [3.05, 3.63) is 18.0 Å². The van der Waals surface area contributed by atoms with Crippen molar-refractivity contribution in [1.29, 1.82) is 0 Å². The molecule has 2 aromatic rings. The Hall–Kier alpha value is -1.41. The lowest BCUT2D eigenvalue weighted by Gasteiger charge is -2.12. The number of amides is 1. The molecule has 2 aromatic heterocycles. The molecule has 1 saturated heterocycles. The molecule has 3 N–H and O–H groups in total. The molecule has 0 aliphatic carbocycles. The van der Waals surface area contributed by atoms with Gasteiger partial charge < -0.3 is 20.3 Å². The number of nitrogens with two attached hydrogens (primary N) is 1. The van der Waals surface area contributed by atoms with E-state index in [0.717, 1.165) is 17.5 Å². The van der Waals surface area contributed by atoms with E-state index in [9.17, 15) is 4.79 Å². The summed E-state index contributed by atoms with van der Waals surface area (Å²) in [6.07, 6.45) is 2.58. The first-order chi connectivity index (χ1) is 9.67. The SMILES string of the molecule is Cc1noc2ncc(NC(=O)[C@@H]3CC[C@H](CN)O3)cc12.Cl.Cl. The van der Waals surface area contributed by atoms with Crippen LogP contribution < -0.4 is 11.1 Å². The lowest BCUT2D eigenvalue weighted by molar-refractivity contribution is -0.126. The third-order valence-electron chi connectivity index (χ3n) is 3.44. The van der Waals surface area contributed by atoms with E-state index in [2.05, 4.69) is 15.5 Å². The number of rotatable bonds is 3. The number of halogens is 2. The molecule has 1 fully saturated rings. The number of carbonyl (C=O) groups excluding carboxylic acids is 1. The molecule has 1 aliphatic heterocycles. The molecule has 1 amide bonds. The molecule has 3 heterocycles. The molecule has 2 atom stereocenters. The molecule has 1 aliphatic rings. The van der Waals surface area contributed by atoms with Crippen LogP contribution in [0.4, 0.5) is 5.69 Å². The van der Waals surface area contributed by atoms with E-state index in [4.69, 9.17) is 15.0 Å². The highest BCUT2D eigenvalue weighted by Crippen LogP contribution is 2.22. The third-order valence-corrected chi connectivity index (χ3v) is 3.44. The van der Waals surface area contributed by atoms with Gasteiger partial charge in [-0.15, -0.1) is 24.8 Å². The normalized spacial score (nSPS) is 20.3. The average molecular weight is 349 g/mol. The number of pyridine rings is 1. The van der Waals surface area contributed by atoms with Crippen molar-refractivity contribution in [2.75, 3.05) is 11.9 Å². The molecule has 122 valence electrons. The highest BCUT2D eigenvalue weighted by atomic mass is 35.5. The molecule has 7 nitrogen and oxygen atoms in total. The van der Waals surface area contributed by atoms with Gasteiger partial charge in [-0.3, -0.25) is 4.79 Å². The Labute approximate surface area is 139 Å². The van der Waals surface area contributed by atoms with Crippen LogP contribution in [0.1, 0.15) is 18.5 Å².